The first-order valence-electron chi connectivity index (χ1n) is 7.02. The molecular weight excluding hydrogens is 246 g/mol. The Bertz CT molecular complexity index is 387. The number of anilines is 1. The molecule has 98 valence electrons. The SMILES string of the molecule is ClCc1cnc(N2CCCC2C2CCCC2)cn1. The van der Waals surface area contributed by atoms with Crippen molar-refractivity contribution in [2.75, 3.05) is 11.4 Å². The summed E-state index contributed by atoms with van der Waals surface area (Å²) in [5.41, 5.74) is 0.858. The first-order chi connectivity index (χ1) is 8.88. The Morgan fingerprint density at radius 1 is 1.11 bits per heavy atom. The molecule has 2 aliphatic rings. The summed E-state index contributed by atoms with van der Waals surface area (Å²) in [7, 11) is 0. The number of hydrogen-bond acceptors (Lipinski definition) is 3. The standard InChI is InChI=1S/C14H20ClN3/c15-8-12-9-17-14(10-16-12)18-7-3-6-13(18)11-4-1-2-5-11/h9-11,13H,1-8H2. The van der Waals surface area contributed by atoms with E-state index < -0.39 is 0 Å². The van der Waals surface area contributed by atoms with Gasteiger partial charge in [-0.2, -0.15) is 0 Å². The highest BCUT2D eigenvalue weighted by atomic mass is 35.5. The Morgan fingerprint density at radius 3 is 2.61 bits per heavy atom. The van der Waals surface area contributed by atoms with Crippen molar-refractivity contribution >= 4 is 17.4 Å². The summed E-state index contributed by atoms with van der Waals surface area (Å²) < 4.78 is 0. The van der Waals surface area contributed by atoms with Gasteiger partial charge in [0.25, 0.3) is 0 Å². The maximum atomic E-state index is 5.76. The van der Waals surface area contributed by atoms with Crippen LogP contribution in [0.2, 0.25) is 0 Å². The minimum Gasteiger partial charge on any atom is -0.352 e. The molecule has 0 spiro atoms. The van der Waals surface area contributed by atoms with E-state index in [1.54, 1.807) is 0 Å². The van der Waals surface area contributed by atoms with Crippen molar-refractivity contribution in [3.63, 3.8) is 0 Å². The van der Waals surface area contributed by atoms with Crippen LogP contribution in [0, 0.1) is 5.92 Å². The highest BCUT2D eigenvalue weighted by Crippen LogP contribution is 2.36. The summed E-state index contributed by atoms with van der Waals surface area (Å²) in [5.74, 6) is 2.36. The second-order valence-corrected chi connectivity index (χ2v) is 5.71. The van der Waals surface area contributed by atoms with Gasteiger partial charge in [0.2, 0.25) is 0 Å². The molecule has 3 nitrogen and oxygen atoms in total. The van der Waals surface area contributed by atoms with E-state index in [1.807, 2.05) is 12.4 Å². The lowest BCUT2D eigenvalue weighted by Gasteiger charge is -2.30. The minimum absolute atomic E-state index is 0.444. The topological polar surface area (TPSA) is 29.0 Å². The fourth-order valence-electron chi connectivity index (χ4n) is 3.47. The van der Waals surface area contributed by atoms with E-state index in [4.69, 9.17) is 11.6 Å². The number of halogens is 1. The van der Waals surface area contributed by atoms with Gasteiger partial charge >= 0.3 is 0 Å². The van der Waals surface area contributed by atoms with Crippen molar-refractivity contribution in [3.8, 4) is 0 Å². The summed E-state index contributed by atoms with van der Waals surface area (Å²) in [6, 6.07) is 0.698. The van der Waals surface area contributed by atoms with Crippen molar-refractivity contribution in [2.45, 2.75) is 50.4 Å². The van der Waals surface area contributed by atoms with E-state index in [-0.39, 0.29) is 0 Å². The largest absolute Gasteiger partial charge is 0.352 e. The molecule has 0 amide bonds. The lowest BCUT2D eigenvalue weighted by atomic mass is 9.96. The first kappa shape index (κ1) is 12.2. The van der Waals surface area contributed by atoms with Crippen molar-refractivity contribution in [1.29, 1.82) is 0 Å². The van der Waals surface area contributed by atoms with Gasteiger partial charge in [-0.1, -0.05) is 12.8 Å². The summed E-state index contributed by atoms with van der Waals surface area (Å²) >= 11 is 5.76. The number of nitrogens with zero attached hydrogens (tertiary/aromatic N) is 3. The molecule has 0 aromatic carbocycles. The van der Waals surface area contributed by atoms with E-state index in [0.717, 1.165) is 24.0 Å². The van der Waals surface area contributed by atoms with E-state index in [0.29, 0.717) is 11.9 Å². The summed E-state index contributed by atoms with van der Waals surface area (Å²) in [5, 5.41) is 0. The Labute approximate surface area is 114 Å². The third kappa shape index (κ3) is 2.33. The van der Waals surface area contributed by atoms with Gasteiger partial charge in [-0.3, -0.25) is 4.98 Å². The number of alkyl halides is 1. The van der Waals surface area contributed by atoms with Crippen LogP contribution in [-0.4, -0.2) is 22.6 Å². The van der Waals surface area contributed by atoms with Crippen molar-refractivity contribution in [2.24, 2.45) is 5.92 Å². The molecule has 2 heterocycles. The molecule has 1 aliphatic heterocycles. The van der Waals surface area contributed by atoms with Crippen molar-refractivity contribution in [3.05, 3.63) is 18.1 Å². The monoisotopic (exact) mass is 265 g/mol. The summed E-state index contributed by atoms with van der Waals surface area (Å²) in [6.45, 7) is 1.13. The zero-order chi connectivity index (χ0) is 12.4. The molecule has 1 unspecified atom stereocenters. The lowest BCUT2D eigenvalue weighted by Crippen LogP contribution is -2.35. The minimum atomic E-state index is 0.444. The maximum absolute atomic E-state index is 5.76. The molecule has 1 saturated heterocycles. The summed E-state index contributed by atoms with van der Waals surface area (Å²) in [4.78, 5) is 11.4. The fourth-order valence-corrected chi connectivity index (χ4v) is 3.61. The molecule has 1 aromatic rings. The Morgan fingerprint density at radius 2 is 1.94 bits per heavy atom. The van der Waals surface area contributed by atoms with Crippen molar-refractivity contribution < 1.29 is 0 Å². The predicted octanol–water partition coefficient (Wildman–Crippen LogP) is 3.37. The van der Waals surface area contributed by atoms with Gasteiger partial charge in [0.05, 0.1) is 24.0 Å². The van der Waals surface area contributed by atoms with Gasteiger partial charge in [0.1, 0.15) is 5.82 Å². The zero-order valence-corrected chi connectivity index (χ0v) is 11.4. The average molecular weight is 266 g/mol. The van der Waals surface area contributed by atoms with Crippen LogP contribution < -0.4 is 4.90 Å². The van der Waals surface area contributed by atoms with Gasteiger partial charge in [-0.05, 0) is 31.6 Å². The van der Waals surface area contributed by atoms with E-state index in [2.05, 4.69) is 14.9 Å². The molecule has 0 bridgehead atoms. The molecular formula is C14H20ClN3. The predicted molar refractivity (Wildman–Crippen MR) is 73.9 cm³/mol. The van der Waals surface area contributed by atoms with E-state index >= 15 is 0 Å². The second-order valence-electron chi connectivity index (χ2n) is 5.45. The average Bonchev–Trinajstić information content (AvgIpc) is 3.09. The number of hydrogen-bond donors (Lipinski definition) is 0. The van der Waals surface area contributed by atoms with Crippen molar-refractivity contribution in [1.82, 2.24) is 9.97 Å². The molecule has 0 radical (unpaired) electrons. The van der Waals surface area contributed by atoms with Crippen LogP contribution in [0.4, 0.5) is 5.82 Å². The van der Waals surface area contributed by atoms with Gasteiger partial charge in [-0.15, -0.1) is 11.6 Å². The maximum Gasteiger partial charge on any atom is 0.147 e. The molecule has 1 atom stereocenters. The molecule has 3 rings (SSSR count). The third-order valence-electron chi connectivity index (χ3n) is 4.37. The van der Waals surface area contributed by atoms with Crippen LogP contribution in [0.1, 0.15) is 44.2 Å². The van der Waals surface area contributed by atoms with Gasteiger partial charge in [0.15, 0.2) is 0 Å². The van der Waals surface area contributed by atoms with Gasteiger partial charge < -0.3 is 4.90 Å². The molecule has 4 heteroatoms. The number of rotatable bonds is 3. The van der Waals surface area contributed by atoms with Gasteiger partial charge in [0, 0.05) is 12.6 Å². The quantitative estimate of drug-likeness (QED) is 0.785. The highest BCUT2D eigenvalue weighted by Gasteiger charge is 2.33. The first-order valence-corrected chi connectivity index (χ1v) is 7.55. The lowest BCUT2D eigenvalue weighted by molar-refractivity contribution is 0.429. The third-order valence-corrected chi connectivity index (χ3v) is 4.64. The molecule has 2 fully saturated rings. The summed E-state index contributed by atoms with van der Waals surface area (Å²) in [6.07, 6.45) is 11.9. The fraction of sp³-hybridized carbons (Fsp3) is 0.714. The van der Waals surface area contributed by atoms with E-state index in [1.165, 1.54) is 38.5 Å². The van der Waals surface area contributed by atoms with Crippen LogP contribution in [0.5, 0.6) is 0 Å². The number of aromatic nitrogens is 2. The normalized spacial score (nSPS) is 24.9. The highest BCUT2D eigenvalue weighted by molar-refractivity contribution is 6.16. The van der Waals surface area contributed by atoms with Crippen LogP contribution in [0.15, 0.2) is 12.4 Å². The second kappa shape index (κ2) is 5.43. The Kier molecular flexibility index (Phi) is 3.69. The van der Waals surface area contributed by atoms with E-state index in [9.17, 15) is 0 Å². The molecule has 1 saturated carbocycles. The molecule has 0 N–H and O–H groups in total. The van der Waals surface area contributed by atoms with Crippen LogP contribution in [-0.2, 0) is 5.88 Å². The Balaban J connectivity index is 1.76. The van der Waals surface area contributed by atoms with Crippen LogP contribution in [0.25, 0.3) is 0 Å². The van der Waals surface area contributed by atoms with Crippen LogP contribution >= 0.6 is 11.6 Å². The molecule has 1 aliphatic carbocycles. The molecule has 1 aromatic heterocycles. The van der Waals surface area contributed by atoms with Gasteiger partial charge in [-0.25, -0.2) is 4.98 Å². The Hall–Kier alpha value is -0.830. The van der Waals surface area contributed by atoms with Crippen LogP contribution in [0.3, 0.4) is 0 Å². The molecule has 18 heavy (non-hydrogen) atoms. The zero-order valence-electron chi connectivity index (χ0n) is 10.7. The smallest absolute Gasteiger partial charge is 0.147 e.